The summed E-state index contributed by atoms with van der Waals surface area (Å²) < 4.78 is 35.1. The normalized spacial score (nSPS) is 11.5. The van der Waals surface area contributed by atoms with Crippen LogP contribution in [0.4, 0.5) is 0 Å². The van der Waals surface area contributed by atoms with E-state index < -0.39 is 10.0 Å². The molecule has 0 aliphatic heterocycles. The molecule has 1 aromatic heterocycles. The second-order valence-corrected chi connectivity index (χ2v) is 7.62. The molecular formula is C19H21N3O3S. The Morgan fingerprint density at radius 1 is 1.04 bits per heavy atom. The van der Waals surface area contributed by atoms with Crippen molar-refractivity contribution in [2.45, 2.75) is 25.3 Å². The van der Waals surface area contributed by atoms with Gasteiger partial charge < -0.3 is 4.74 Å². The third-order valence-electron chi connectivity index (χ3n) is 4.12. The molecule has 0 aliphatic rings. The molecule has 6 nitrogen and oxygen atoms in total. The van der Waals surface area contributed by atoms with E-state index in [-0.39, 0.29) is 11.4 Å². The summed E-state index contributed by atoms with van der Waals surface area (Å²) in [5.41, 5.74) is 2.72. The quantitative estimate of drug-likeness (QED) is 0.723. The van der Waals surface area contributed by atoms with Gasteiger partial charge in [0, 0.05) is 6.54 Å². The average Bonchev–Trinajstić information content (AvgIpc) is 2.96. The molecule has 26 heavy (non-hydrogen) atoms. The average molecular weight is 371 g/mol. The lowest BCUT2D eigenvalue weighted by Crippen LogP contribution is -2.24. The van der Waals surface area contributed by atoms with Crippen LogP contribution in [0.25, 0.3) is 5.69 Å². The van der Waals surface area contributed by atoms with Crippen molar-refractivity contribution in [1.82, 2.24) is 14.5 Å². The van der Waals surface area contributed by atoms with Crippen LogP contribution in [0.15, 0.2) is 59.5 Å². The molecule has 0 fully saturated rings. The summed E-state index contributed by atoms with van der Waals surface area (Å²) in [7, 11) is -2.10. The summed E-state index contributed by atoms with van der Waals surface area (Å²) in [4.78, 5) is 0.217. The molecule has 0 spiro atoms. The Bertz CT molecular complexity index is 995. The van der Waals surface area contributed by atoms with E-state index in [9.17, 15) is 8.42 Å². The van der Waals surface area contributed by atoms with Gasteiger partial charge in [-0.3, -0.25) is 0 Å². The van der Waals surface area contributed by atoms with Crippen LogP contribution >= 0.6 is 0 Å². The van der Waals surface area contributed by atoms with Crippen molar-refractivity contribution in [3.05, 3.63) is 71.5 Å². The van der Waals surface area contributed by atoms with Crippen LogP contribution in [0.2, 0.25) is 0 Å². The van der Waals surface area contributed by atoms with Crippen LogP contribution in [0.5, 0.6) is 5.75 Å². The fourth-order valence-corrected chi connectivity index (χ4v) is 4.24. The van der Waals surface area contributed by atoms with Crippen molar-refractivity contribution in [3.8, 4) is 11.4 Å². The van der Waals surface area contributed by atoms with Crippen LogP contribution in [0.1, 0.15) is 17.0 Å². The minimum absolute atomic E-state index is 0.196. The smallest absolute Gasteiger partial charge is 0.244 e. The Kier molecular flexibility index (Phi) is 5.11. The number of benzene rings is 2. The first kappa shape index (κ1) is 18.2. The first-order valence-electron chi connectivity index (χ1n) is 8.16. The highest BCUT2D eigenvalue weighted by Gasteiger charge is 2.24. The predicted octanol–water partition coefficient (Wildman–Crippen LogP) is 2.98. The van der Waals surface area contributed by atoms with E-state index in [1.165, 1.54) is 0 Å². The highest BCUT2D eigenvalue weighted by atomic mass is 32.2. The molecule has 0 saturated carbocycles. The van der Waals surface area contributed by atoms with Gasteiger partial charge in [-0.05, 0) is 43.7 Å². The fourth-order valence-electron chi connectivity index (χ4n) is 2.83. The molecule has 1 heterocycles. The lowest BCUT2D eigenvalue weighted by molar-refractivity contribution is 0.414. The lowest BCUT2D eigenvalue weighted by Gasteiger charge is -2.09. The van der Waals surface area contributed by atoms with Crippen molar-refractivity contribution in [1.29, 1.82) is 0 Å². The number of aryl methyl sites for hydroxylation is 1. The maximum absolute atomic E-state index is 12.8. The SMILES string of the molecule is COc1ccc(CNS(=O)(=O)c2c(C)nn(-c3ccccc3)c2C)cc1. The molecule has 2 aromatic carbocycles. The van der Waals surface area contributed by atoms with Gasteiger partial charge in [0.25, 0.3) is 0 Å². The minimum Gasteiger partial charge on any atom is -0.497 e. The zero-order valence-corrected chi connectivity index (χ0v) is 15.7. The molecule has 0 amide bonds. The topological polar surface area (TPSA) is 73.2 Å². The molecule has 0 unspecified atom stereocenters. The second kappa shape index (κ2) is 7.31. The molecule has 136 valence electrons. The number of hydrogen-bond donors (Lipinski definition) is 1. The van der Waals surface area contributed by atoms with Crippen molar-refractivity contribution in [2.24, 2.45) is 0 Å². The van der Waals surface area contributed by atoms with Crippen LogP contribution < -0.4 is 9.46 Å². The van der Waals surface area contributed by atoms with E-state index in [0.717, 1.165) is 17.0 Å². The molecule has 0 saturated heterocycles. The van der Waals surface area contributed by atoms with Gasteiger partial charge in [-0.15, -0.1) is 0 Å². The summed E-state index contributed by atoms with van der Waals surface area (Å²) in [5.74, 6) is 0.729. The monoisotopic (exact) mass is 371 g/mol. The Balaban J connectivity index is 1.86. The van der Waals surface area contributed by atoms with Crippen LogP contribution in [-0.2, 0) is 16.6 Å². The zero-order chi connectivity index (χ0) is 18.7. The summed E-state index contributed by atoms with van der Waals surface area (Å²) in [5, 5.41) is 4.41. The predicted molar refractivity (Wildman–Crippen MR) is 100 cm³/mol. The summed E-state index contributed by atoms with van der Waals surface area (Å²) in [6, 6.07) is 16.7. The molecule has 7 heteroatoms. The standard InChI is InChI=1S/C19H21N3O3S/c1-14-19(15(2)22(21-14)17-7-5-4-6-8-17)26(23,24)20-13-16-9-11-18(25-3)12-10-16/h4-12,20H,13H2,1-3H3. The Labute approximate surface area is 153 Å². The van der Waals surface area contributed by atoms with Gasteiger partial charge in [0.1, 0.15) is 10.6 Å². The van der Waals surface area contributed by atoms with Gasteiger partial charge in [-0.1, -0.05) is 30.3 Å². The van der Waals surface area contributed by atoms with Gasteiger partial charge >= 0.3 is 0 Å². The number of nitrogens with one attached hydrogen (secondary N) is 1. The first-order valence-corrected chi connectivity index (χ1v) is 9.65. The Hall–Kier alpha value is -2.64. The minimum atomic E-state index is -3.69. The summed E-state index contributed by atoms with van der Waals surface area (Å²) in [6.07, 6.45) is 0. The molecular weight excluding hydrogens is 350 g/mol. The van der Waals surface area contributed by atoms with Crippen LogP contribution in [-0.4, -0.2) is 25.3 Å². The van der Waals surface area contributed by atoms with Gasteiger partial charge in [-0.25, -0.2) is 17.8 Å². The first-order chi connectivity index (χ1) is 12.4. The number of sulfonamides is 1. The van der Waals surface area contributed by atoms with Crippen molar-refractivity contribution >= 4 is 10.0 Å². The molecule has 0 aliphatic carbocycles. The lowest BCUT2D eigenvalue weighted by atomic mass is 10.2. The number of methoxy groups -OCH3 is 1. The summed E-state index contributed by atoms with van der Waals surface area (Å²) >= 11 is 0. The number of ether oxygens (including phenoxy) is 1. The Morgan fingerprint density at radius 2 is 1.69 bits per heavy atom. The van der Waals surface area contributed by atoms with E-state index in [0.29, 0.717) is 11.4 Å². The molecule has 0 bridgehead atoms. The third kappa shape index (κ3) is 3.63. The maximum Gasteiger partial charge on any atom is 0.244 e. The number of para-hydroxylation sites is 1. The van der Waals surface area contributed by atoms with Crippen molar-refractivity contribution in [2.75, 3.05) is 7.11 Å². The number of nitrogens with zero attached hydrogens (tertiary/aromatic N) is 2. The molecule has 0 radical (unpaired) electrons. The molecule has 3 aromatic rings. The molecule has 1 N–H and O–H groups in total. The van der Waals surface area contributed by atoms with Crippen molar-refractivity contribution < 1.29 is 13.2 Å². The highest BCUT2D eigenvalue weighted by Crippen LogP contribution is 2.22. The van der Waals surface area contributed by atoms with E-state index in [4.69, 9.17) is 4.74 Å². The van der Waals surface area contributed by atoms with E-state index in [1.54, 1.807) is 37.8 Å². The summed E-state index contributed by atoms with van der Waals surface area (Å²) in [6.45, 7) is 3.66. The molecule has 3 rings (SSSR count). The zero-order valence-electron chi connectivity index (χ0n) is 14.9. The Morgan fingerprint density at radius 3 is 2.31 bits per heavy atom. The van der Waals surface area contributed by atoms with Crippen LogP contribution in [0, 0.1) is 13.8 Å². The number of aromatic nitrogens is 2. The number of hydrogen-bond acceptors (Lipinski definition) is 4. The van der Waals surface area contributed by atoms with E-state index in [2.05, 4.69) is 9.82 Å². The number of rotatable bonds is 6. The van der Waals surface area contributed by atoms with Gasteiger partial charge in [0.2, 0.25) is 10.0 Å². The maximum atomic E-state index is 12.8. The van der Waals surface area contributed by atoms with E-state index in [1.807, 2.05) is 42.5 Å². The molecule has 0 atom stereocenters. The highest BCUT2D eigenvalue weighted by molar-refractivity contribution is 7.89. The van der Waals surface area contributed by atoms with Gasteiger partial charge in [-0.2, -0.15) is 5.10 Å². The fraction of sp³-hybridized carbons (Fsp3) is 0.211. The second-order valence-electron chi connectivity index (χ2n) is 5.92. The van der Waals surface area contributed by atoms with Gasteiger partial charge in [0.15, 0.2) is 0 Å². The van der Waals surface area contributed by atoms with E-state index >= 15 is 0 Å². The van der Waals surface area contributed by atoms with Crippen LogP contribution in [0.3, 0.4) is 0 Å². The van der Waals surface area contributed by atoms with Crippen molar-refractivity contribution in [3.63, 3.8) is 0 Å². The third-order valence-corrected chi connectivity index (χ3v) is 5.77. The van der Waals surface area contributed by atoms with Gasteiger partial charge in [0.05, 0.1) is 24.2 Å². The largest absolute Gasteiger partial charge is 0.497 e.